The van der Waals surface area contributed by atoms with Crippen molar-refractivity contribution in [3.63, 3.8) is 0 Å². The molecule has 0 N–H and O–H groups in total. The van der Waals surface area contributed by atoms with E-state index in [1.807, 2.05) is 6.07 Å². The van der Waals surface area contributed by atoms with Crippen LogP contribution in [-0.2, 0) is 6.42 Å². The average molecular weight is 719 g/mol. The van der Waals surface area contributed by atoms with E-state index in [4.69, 9.17) is 14.4 Å². The highest BCUT2D eigenvalue weighted by Crippen LogP contribution is 2.45. The van der Waals surface area contributed by atoms with Crippen molar-refractivity contribution in [1.82, 2.24) is 9.97 Å². The van der Waals surface area contributed by atoms with E-state index in [2.05, 4.69) is 172 Å². The predicted molar refractivity (Wildman–Crippen MR) is 236 cm³/mol. The largest absolute Gasteiger partial charge is 0.456 e. The quantitative estimate of drug-likeness (QED) is 0.161. The minimum atomic E-state index is 0.304. The molecule has 3 heteroatoms. The number of rotatable bonds is 6. The number of aromatic nitrogens is 2. The Morgan fingerprint density at radius 1 is 0.500 bits per heavy atom. The third-order valence-electron chi connectivity index (χ3n) is 11.9. The second-order valence-electron chi connectivity index (χ2n) is 15.2. The smallest absolute Gasteiger partial charge is 0.160 e. The van der Waals surface area contributed by atoms with Gasteiger partial charge >= 0.3 is 0 Å². The van der Waals surface area contributed by atoms with E-state index >= 15 is 0 Å². The molecule has 0 radical (unpaired) electrons. The fourth-order valence-electron chi connectivity index (χ4n) is 9.32. The normalized spacial score (nSPS) is 12.5. The topological polar surface area (TPSA) is 38.9 Å². The minimum Gasteiger partial charge on any atom is -0.456 e. The number of hydrogen-bond acceptors (Lipinski definition) is 3. The molecule has 3 nitrogen and oxygen atoms in total. The molecular weight excluding hydrogens is 681 g/mol. The van der Waals surface area contributed by atoms with Gasteiger partial charge in [-0.2, -0.15) is 0 Å². The summed E-state index contributed by atoms with van der Waals surface area (Å²) < 4.78 is 6.33. The Kier molecular flexibility index (Phi) is 7.50. The minimum absolute atomic E-state index is 0.304. The van der Waals surface area contributed by atoms with Crippen LogP contribution in [0.5, 0.6) is 0 Å². The number of nitrogens with zero attached hydrogens (tertiary/aromatic N) is 2. The van der Waals surface area contributed by atoms with Crippen molar-refractivity contribution >= 4 is 75.9 Å². The van der Waals surface area contributed by atoms with Crippen LogP contribution < -0.4 is 0 Å². The summed E-state index contributed by atoms with van der Waals surface area (Å²) in [4.78, 5) is 10.5. The second-order valence-corrected chi connectivity index (χ2v) is 15.2. The monoisotopic (exact) mass is 718 g/mol. The molecule has 11 aromatic rings. The number of aryl methyl sites for hydroxylation is 1. The highest BCUT2D eigenvalue weighted by atomic mass is 16.3. The Labute approximate surface area is 324 Å². The van der Waals surface area contributed by atoms with Crippen LogP contribution in [0.1, 0.15) is 36.0 Å². The van der Waals surface area contributed by atoms with E-state index in [-0.39, 0.29) is 0 Å². The third kappa shape index (κ3) is 5.12. The molecule has 2 aromatic heterocycles. The summed E-state index contributed by atoms with van der Waals surface area (Å²) in [6.45, 7) is 4.60. The number of para-hydroxylation sites is 2. The van der Waals surface area contributed by atoms with Crippen molar-refractivity contribution in [3.8, 4) is 22.6 Å². The zero-order valence-corrected chi connectivity index (χ0v) is 31.4. The van der Waals surface area contributed by atoms with Crippen LogP contribution in [0.15, 0.2) is 168 Å². The summed E-state index contributed by atoms with van der Waals surface area (Å²) in [6.07, 6.45) is 1.93. The van der Waals surface area contributed by atoms with Crippen LogP contribution in [0, 0.1) is 6.92 Å². The van der Waals surface area contributed by atoms with E-state index in [9.17, 15) is 0 Å². The molecule has 0 saturated carbocycles. The first kappa shape index (κ1) is 32.6. The molecular formula is C53H38N2O. The van der Waals surface area contributed by atoms with Gasteiger partial charge in [-0.25, -0.2) is 9.97 Å². The van der Waals surface area contributed by atoms with Crippen molar-refractivity contribution in [2.75, 3.05) is 0 Å². The van der Waals surface area contributed by atoms with Crippen molar-refractivity contribution in [1.29, 1.82) is 0 Å². The molecule has 0 bridgehead atoms. The molecule has 0 aliphatic rings. The fraction of sp³-hybridized carbons (Fsp3) is 0.0943. The summed E-state index contributed by atoms with van der Waals surface area (Å²) in [5.74, 6) is 1.04. The van der Waals surface area contributed by atoms with Gasteiger partial charge in [-0.3, -0.25) is 0 Å². The standard InChI is InChI=1S/C53H38N2O/c1-3-34(29-33-24-26-41-40-18-10-12-23-47(40)56-48(41)30-33)38-20-13-21-42-43-27-25-35-14-7-8-17-39(35)50(43)45-31-37(28-32(2)49(45)51(38)42)53-54-46-22-11-9-19-44(46)52(55-53)36-15-5-4-6-16-36/h4-28,30-31,34H,3,29H2,1-2H3. The summed E-state index contributed by atoms with van der Waals surface area (Å²) in [5, 5.41) is 13.6. The first-order valence-corrected chi connectivity index (χ1v) is 19.7. The fourth-order valence-corrected chi connectivity index (χ4v) is 9.32. The molecule has 56 heavy (non-hydrogen) atoms. The van der Waals surface area contributed by atoms with Crippen LogP contribution in [0.3, 0.4) is 0 Å². The Morgan fingerprint density at radius 2 is 1.21 bits per heavy atom. The van der Waals surface area contributed by atoms with Gasteiger partial charge < -0.3 is 4.42 Å². The van der Waals surface area contributed by atoms with Crippen LogP contribution in [0.2, 0.25) is 0 Å². The third-order valence-corrected chi connectivity index (χ3v) is 11.9. The van der Waals surface area contributed by atoms with Crippen LogP contribution in [0.25, 0.3) is 98.6 Å². The summed E-state index contributed by atoms with van der Waals surface area (Å²) in [7, 11) is 0. The molecule has 0 aliphatic heterocycles. The maximum atomic E-state index is 6.33. The first-order valence-electron chi connectivity index (χ1n) is 19.7. The van der Waals surface area contributed by atoms with Gasteiger partial charge in [0.15, 0.2) is 5.82 Å². The van der Waals surface area contributed by atoms with Gasteiger partial charge in [0.2, 0.25) is 0 Å². The number of benzene rings is 9. The van der Waals surface area contributed by atoms with E-state index in [0.29, 0.717) is 5.92 Å². The zero-order chi connectivity index (χ0) is 37.3. The van der Waals surface area contributed by atoms with Gasteiger partial charge in [-0.1, -0.05) is 140 Å². The molecule has 266 valence electrons. The molecule has 9 aromatic carbocycles. The molecule has 0 aliphatic carbocycles. The Balaban J connectivity index is 1.16. The molecule has 0 amide bonds. The van der Waals surface area contributed by atoms with E-state index in [1.165, 1.54) is 70.6 Å². The molecule has 11 rings (SSSR count). The lowest BCUT2D eigenvalue weighted by molar-refractivity contribution is 0.656. The Morgan fingerprint density at radius 3 is 2.09 bits per heavy atom. The number of hydrogen-bond donors (Lipinski definition) is 0. The molecule has 2 heterocycles. The van der Waals surface area contributed by atoms with E-state index in [1.54, 1.807) is 0 Å². The second kappa shape index (κ2) is 12.9. The molecule has 1 atom stereocenters. The van der Waals surface area contributed by atoms with Crippen molar-refractivity contribution in [2.24, 2.45) is 0 Å². The predicted octanol–water partition coefficient (Wildman–Crippen LogP) is 14.5. The van der Waals surface area contributed by atoms with E-state index in [0.717, 1.165) is 57.6 Å². The van der Waals surface area contributed by atoms with Crippen molar-refractivity contribution < 1.29 is 4.42 Å². The Hall–Kier alpha value is -6.84. The molecule has 0 spiro atoms. The van der Waals surface area contributed by atoms with Crippen molar-refractivity contribution in [2.45, 2.75) is 32.6 Å². The van der Waals surface area contributed by atoms with Crippen LogP contribution in [0.4, 0.5) is 0 Å². The van der Waals surface area contributed by atoms with Crippen molar-refractivity contribution in [3.05, 3.63) is 180 Å². The van der Waals surface area contributed by atoms with Gasteiger partial charge in [-0.15, -0.1) is 0 Å². The first-order chi connectivity index (χ1) is 27.6. The van der Waals surface area contributed by atoms with Gasteiger partial charge in [0.1, 0.15) is 11.2 Å². The van der Waals surface area contributed by atoms with Gasteiger partial charge in [0.25, 0.3) is 0 Å². The van der Waals surface area contributed by atoms with Gasteiger partial charge in [-0.05, 0) is 116 Å². The number of fused-ring (bicyclic) bond motifs is 12. The average Bonchev–Trinajstić information content (AvgIpc) is 3.62. The summed E-state index contributed by atoms with van der Waals surface area (Å²) in [5.41, 5.74) is 9.79. The maximum absolute atomic E-state index is 6.33. The lowest BCUT2D eigenvalue weighted by Gasteiger charge is -2.22. The lowest BCUT2D eigenvalue weighted by atomic mass is 9.81. The molecule has 0 saturated heterocycles. The SMILES string of the molecule is CCC(Cc1ccc2c(c1)oc1ccccc12)c1cccc2c3ccc4ccccc4c3c3cc(-c4nc(-c5ccccc5)c5ccccc5n4)cc(C)c3c12. The number of furan rings is 1. The highest BCUT2D eigenvalue weighted by Gasteiger charge is 2.22. The summed E-state index contributed by atoms with van der Waals surface area (Å²) in [6, 6.07) is 59.0. The molecule has 1 unspecified atom stereocenters. The Bertz CT molecular complexity index is 3340. The van der Waals surface area contributed by atoms with Gasteiger partial charge in [0.05, 0.1) is 11.2 Å². The summed E-state index contributed by atoms with van der Waals surface area (Å²) >= 11 is 0. The van der Waals surface area contributed by atoms with Gasteiger partial charge in [0, 0.05) is 27.3 Å². The lowest BCUT2D eigenvalue weighted by Crippen LogP contribution is -2.04. The van der Waals surface area contributed by atoms with E-state index < -0.39 is 0 Å². The molecule has 0 fully saturated rings. The van der Waals surface area contributed by atoms with Crippen LogP contribution in [-0.4, -0.2) is 9.97 Å². The maximum Gasteiger partial charge on any atom is 0.160 e. The van der Waals surface area contributed by atoms with Crippen LogP contribution >= 0.6 is 0 Å². The highest BCUT2D eigenvalue weighted by molar-refractivity contribution is 6.33. The zero-order valence-electron chi connectivity index (χ0n) is 31.4.